The maximum Gasteiger partial charge on any atom is 0.331 e. The Bertz CT molecular complexity index is 452. The lowest BCUT2D eigenvalue weighted by Gasteiger charge is -2.01. The number of hydrogen-bond acceptors (Lipinski definition) is 6. The maximum atomic E-state index is 11.4. The van der Waals surface area contributed by atoms with Gasteiger partial charge in [0.05, 0.1) is 11.2 Å². The lowest BCUT2D eigenvalue weighted by atomic mass is 10.8. The van der Waals surface area contributed by atoms with Gasteiger partial charge in [-0.25, -0.2) is 18.2 Å². The number of rotatable bonds is 5. The first-order valence-corrected chi connectivity index (χ1v) is 5.99. The van der Waals surface area contributed by atoms with Gasteiger partial charge in [-0.05, 0) is 6.92 Å². The number of nitrogens with one attached hydrogen (secondary N) is 1. The van der Waals surface area contributed by atoms with Gasteiger partial charge >= 0.3 is 5.97 Å². The number of thiazole rings is 1. The molecule has 7 nitrogen and oxygen atoms in total. The van der Waals surface area contributed by atoms with E-state index in [1.165, 1.54) is 6.20 Å². The predicted octanol–water partition coefficient (Wildman–Crippen LogP) is -0.254. The Kier molecular flexibility index (Phi) is 3.74. The van der Waals surface area contributed by atoms with Crippen molar-refractivity contribution in [3.05, 3.63) is 11.2 Å². The number of nitrogens with zero attached hydrogens (tertiary/aromatic N) is 1. The summed E-state index contributed by atoms with van der Waals surface area (Å²) in [5.74, 6) is -1.27. The number of carboxylic acid groups (broad SMARTS) is 1. The summed E-state index contributed by atoms with van der Waals surface area (Å²) >= 11 is 0.965. The maximum absolute atomic E-state index is 11.4. The summed E-state index contributed by atoms with van der Waals surface area (Å²) in [5.41, 5.74) is 0. The van der Waals surface area contributed by atoms with Gasteiger partial charge in [0, 0.05) is 0 Å². The molecule has 0 aliphatic carbocycles. The molecule has 84 valence electrons. The molecule has 1 heterocycles. The number of sulfonamides is 1. The van der Waals surface area contributed by atoms with E-state index in [0.29, 0.717) is 5.01 Å². The van der Waals surface area contributed by atoms with Crippen LogP contribution in [0.1, 0.15) is 5.01 Å². The largest absolute Gasteiger partial charge is 0.479 e. The Morgan fingerprint density at radius 3 is 2.87 bits per heavy atom. The zero-order chi connectivity index (χ0) is 11.5. The number of aliphatic carboxylic acids is 1. The van der Waals surface area contributed by atoms with Crippen LogP contribution in [-0.2, 0) is 19.7 Å². The standard InChI is InChI=1S/C6H8N2O5S2/c1-4-7-2-6(14-4)15(11,12)8-13-3-5(9)10/h2,8H,3H2,1H3,(H,9,10). The number of carboxylic acids is 1. The molecule has 0 bridgehead atoms. The normalized spacial score (nSPS) is 11.5. The number of aryl methyl sites for hydroxylation is 1. The van der Waals surface area contributed by atoms with Crippen LogP contribution in [0.25, 0.3) is 0 Å². The smallest absolute Gasteiger partial charge is 0.331 e. The van der Waals surface area contributed by atoms with Crippen LogP contribution in [-0.4, -0.2) is 31.1 Å². The minimum absolute atomic E-state index is 0.0228. The highest BCUT2D eigenvalue weighted by Crippen LogP contribution is 2.17. The van der Waals surface area contributed by atoms with Crippen molar-refractivity contribution in [1.82, 2.24) is 9.87 Å². The van der Waals surface area contributed by atoms with Crippen LogP contribution < -0.4 is 4.89 Å². The Hall–Kier alpha value is -1.03. The molecule has 1 aromatic rings. The third-order valence-corrected chi connectivity index (χ3v) is 3.82. The van der Waals surface area contributed by atoms with E-state index in [0.717, 1.165) is 11.3 Å². The minimum atomic E-state index is -3.81. The Balaban J connectivity index is 2.64. The first-order valence-electron chi connectivity index (χ1n) is 3.69. The van der Waals surface area contributed by atoms with Gasteiger partial charge in [0.15, 0.2) is 10.8 Å². The molecule has 0 spiro atoms. The van der Waals surface area contributed by atoms with Crippen molar-refractivity contribution in [1.29, 1.82) is 0 Å². The highest BCUT2D eigenvalue weighted by Gasteiger charge is 2.17. The van der Waals surface area contributed by atoms with Gasteiger partial charge in [0.25, 0.3) is 10.0 Å². The summed E-state index contributed by atoms with van der Waals surface area (Å²) < 4.78 is 22.7. The number of aromatic nitrogens is 1. The molecule has 1 rings (SSSR count). The number of carbonyl (C=O) groups is 1. The summed E-state index contributed by atoms with van der Waals surface area (Å²) in [6, 6.07) is 0. The quantitative estimate of drug-likeness (QED) is 0.700. The zero-order valence-corrected chi connectivity index (χ0v) is 9.26. The van der Waals surface area contributed by atoms with E-state index in [2.05, 4.69) is 9.82 Å². The van der Waals surface area contributed by atoms with Crippen molar-refractivity contribution in [3.8, 4) is 0 Å². The molecule has 0 saturated carbocycles. The molecule has 0 fully saturated rings. The third kappa shape index (κ3) is 3.55. The summed E-state index contributed by atoms with van der Waals surface area (Å²) in [4.78, 5) is 19.8. The minimum Gasteiger partial charge on any atom is -0.479 e. The average Bonchev–Trinajstić information content (AvgIpc) is 2.51. The Morgan fingerprint density at radius 2 is 2.40 bits per heavy atom. The number of hydrogen-bond donors (Lipinski definition) is 2. The van der Waals surface area contributed by atoms with Crippen LogP contribution in [0.2, 0.25) is 0 Å². The fourth-order valence-electron chi connectivity index (χ4n) is 0.676. The van der Waals surface area contributed by atoms with Crippen molar-refractivity contribution in [2.24, 2.45) is 0 Å². The second-order valence-electron chi connectivity index (χ2n) is 2.47. The molecule has 9 heteroatoms. The molecule has 15 heavy (non-hydrogen) atoms. The van der Waals surface area contributed by atoms with Gasteiger partial charge in [-0.2, -0.15) is 0 Å². The molecule has 1 aromatic heterocycles. The van der Waals surface area contributed by atoms with E-state index in [1.807, 2.05) is 0 Å². The van der Waals surface area contributed by atoms with Crippen LogP contribution in [0.4, 0.5) is 0 Å². The van der Waals surface area contributed by atoms with E-state index in [4.69, 9.17) is 5.11 Å². The monoisotopic (exact) mass is 252 g/mol. The van der Waals surface area contributed by atoms with Crippen molar-refractivity contribution in [3.63, 3.8) is 0 Å². The molecule has 0 amide bonds. The first-order chi connectivity index (χ1) is 6.92. The zero-order valence-electron chi connectivity index (χ0n) is 7.63. The third-order valence-electron chi connectivity index (χ3n) is 1.23. The van der Waals surface area contributed by atoms with Gasteiger partial charge in [-0.1, -0.05) is 4.89 Å². The van der Waals surface area contributed by atoms with Gasteiger partial charge in [-0.3, -0.25) is 4.84 Å². The van der Waals surface area contributed by atoms with E-state index < -0.39 is 22.6 Å². The second-order valence-corrected chi connectivity index (χ2v) is 5.57. The van der Waals surface area contributed by atoms with Crippen LogP contribution in [0, 0.1) is 6.92 Å². The van der Waals surface area contributed by atoms with Crippen molar-refractivity contribution >= 4 is 27.3 Å². The lowest BCUT2D eigenvalue weighted by Crippen LogP contribution is -2.26. The van der Waals surface area contributed by atoms with Crippen LogP contribution in [0.3, 0.4) is 0 Å². The van der Waals surface area contributed by atoms with Crippen molar-refractivity contribution in [2.45, 2.75) is 11.1 Å². The average molecular weight is 252 g/mol. The summed E-state index contributed by atoms with van der Waals surface area (Å²) in [7, 11) is -3.81. The fraction of sp³-hybridized carbons (Fsp3) is 0.333. The topological polar surface area (TPSA) is 106 Å². The highest BCUT2D eigenvalue weighted by molar-refractivity contribution is 7.91. The van der Waals surface area contributed by atoms with Gasteiger partial charge < -0.3 is 5.11 Å². The van der Waals surface area contributed by atoms with E-state index >= 15 is 0 Å². The molecule has 0 aliphatic heterocycles. The van der Waals surface area contributed by atoms with Crippen LogP contribution >= 0.6 is 11.3 Å². The van der Waals surface area contributed by atoms with Crippen LogP contribution in [0.15, 0.2) is 10.4 Å². The van der Waals surface area contributed by atoms with E-state index in [-0.39, 0.29) is 4.21 Å². The van der Waals surface area contributed by atoms with E-state index in [1.54, 1.807) is 11.8 Å². The molecule has 0 radical (unpaired) electrons. The lowest BCUT2D eigenvalue weighted by molar-refractivity contribution is -0.143. The van der Waals surface area contributed by atoms with Crippen LogP contribution in [0.5, 0.6) is 0 Å². The molecular weight excluding hydrogens is 244 g/mol. The molecule has 2 N–H and O–H groups in total. The summed E-state index contributed by atoms with van der Waals surface area (Å²) in [6.45, 7) is 0.915. The highest BCUT2D eigenvalue weighted by atomic mass is 32.2. The Morgan fingerprint density at radius 1 is 1.73 bits per heavy atom. The Labute approximate surface area is 89.7 Å². The molecule has 0 aromatic carbocycles. The summed E-state index contributed by atoms with van der Waals surface area (Å²) in [6.07, 6.45) is 1.17. The van der Waals surface area contributed by atoms with E-state index in [9.17, 15) is 13.2 Å². The summed E-state index contributed by atoms with van der Waals surface area (Å²) in [5, 5.41) is 8.81. The second kappa shape index (κ2) is 4.66. The van der Waals surface area contributed by atoms with Crippen molar-refractivity contribution < 1.29 is 23.2 Å². The molecule has 0 saturated heterocycles. The molecule has 0 unspecified atom stereocenters. The molecule has 0 aliphatic rings. The van der Waals surface area contributed by atoms with Crippen molar-refractivity contribution in [2.75, 3.05) is 6.61 Å². The van der Waals surface area contributed by atoms with Gasteiger partial charge in [0.1, 0.15) is 0 Å². The van der Waals surface area contributed by atoms with Gasteiger partial charge in [-0.15, -0.1) is 11.3 Å². The fourth-order valence-corrected chi connectivity index (χ4v) is 2.57. The molecular formula is C6H8N2O5S2. The molecule has 0 atom stereocenters. The predicted molar refractivity (Wildman–Crippen MR) is 50.8 cm³/mol. The van der Waals surface area contributed by atoms with Gasteiger partial charge in [0.2, 0.25) is 0 Å². The SMILES string of the molecule is Cc1ncc(S(=O)(=O)NOCC(=O)O)s1. The first kappa shape index (κ1) is 12.0.